The number of H-pyrrole nitrogens is 1. The van der Waals surface area contributed by atoms with Gasteiger partial charge in [-0.15, -0.1) is 0 Å². The number of hydrogen-bond donors (Lipinski definition) is 4. The molecule has 0 aliphatic carbocycles. The molecule has 4 heterocycles. The van der Waals surface area contributed by atoms with Crippen LogP contribution in [0.4, 0.5) is 23.3 Å². The van der Waals surface area contributed by atoms with Crippen LogP contribution in [-0.4, -0.2) is 44.1 Å². The number of rotatable bonds is 4. The van der Waals surface area contributed by atoms with E-state index in [1.54, 1.807) is 0 Å². The van der Waals surface area contributed by atoms with Gasteiger partial charge in [-0.25, -0.2) is 9.97 Å². The van der Waals surface area contributed by atoms with E-state index in [-0.39, 0.29) is 6.04 Å². The summed E-state index contributed by atoms with van der Waals surface area (Å²) in [5, 5.41) is 5.59. The zero-order valence-corrected chi connectivity index (χ0v) is 17.5. The SMILES string of the molecule is CCc1[nH]c2nc(Nc3ccc4c(N)nc(C)nc4c3)nc(N3CC(N)C3)c2c1Cl. The maximum Gasteiger partial charge on any atom is 0.231 e. The van der Waals surface area contributed by atoms with E-state index in [4.69, 9.17) is 28.1 Å². The number of aromatic nitrogens is 5. The van der Waals surface area contributed by atoms with E-state index < -0.39 is 0 Å². The summed E-state index contributed by atoms with van der Waals surface area (Å²) >= 11 is 6.62. The second kappa shape index (κ2) is 6.96. The van der Waals surface area contributed by atoms with Gasteiger partial charge in [0, 0.05) is 35.9 Å². The fourth-order valence-electron chi connectivity index (χ4n) is 3.79. The van der Waals surface area contributed by atoms with Crippen molar-refractivity contribution in [3.05, 3.63) is 34.7 Å². The van der Waals surface area contributed by atoms with Crippen LogP contribution in [0, 0.1) is 6.92 Å². The van der Waals surface area contributed by atoms with E-state index in [0.717, 1.165) is 53.0 Å². The Hall–Kier alpha value is -3.17. The van der Waals surface area contributed by atoms with Crippen molar-refractivity contribution < 1.29 is 0 Å². The molecule has 0 bridgehead atoms. The molecule has 1 aliphatic heterocycles. The van der Waals surface area contributed by atoms with Gasteiger partial charge in [0.25, 0.3) is 0 Å². The Kier molecular flexibility index (Phi) is 4.37. The molecule has 0 saturated carbocycles. The predicted octanol–water partition coefficient (Wildman–Crippen LogP) is 2.90. The standard InChI is InChI=1S/C20H22ClN9/c1-3-13-16(21)15-18(27-13)28-20(29-19(15)30-7-10(22)8-30)26-11-4-5-12-14(6-11)24-9(2)25-17(12)23/h4-6,10H,3,7-8,22H2,1-2H3,(H2,23,24,25)(H2,26,27,28,29). The van der Waals surface area contributed by atoms with Crippen molar-refractivity contribution in [3.8, 4) is 0 Å². The summed E-state index contributed by atoms with van der Waals surface area (Å²) in [5.74, 6) is 2.34. The van der Waals surface area contributed by atoms with Crippen LogP contribution in [0.25, 0.3) is 21.9 Å². The maximum absolute atomic E-state index is 6.62. The molecule has 30 heavy (non-hydrogen) atoms. The molecular formula is C20H22ClN9. The van der Waals surface area contributed by atoms with Gasteiger partial charge >= 0.3 is 0 Å². The summed E-state index contributed by atoms with van der Waals surface area (Å²) in [6.45, 7) is 5.34. The third kappa shape index (κ3) is 3.06. The molecule has 1 fully saturated rings. The van der Waals surface area contributed by atoms with Gasteiger partial charge in [0.15, 0.2) is 0 Å². The zero-order chi connectivity index (χ0) is 21.0. The van der Waals surface area contributed by atoms with Crippen LogP contribution in [0.2, 0.25) is 5.02 Å². The number of hydrogen-bond acceptors (Lipinski definition) is 8. The lowest BCUT2D eigenvalue weighted by Gasteiger charge is -2.38. The molecule has 0 spiro atoms. The topological polar surface area (TPSA) is 135 Å². The molecular weight excluding hydrogens is 402 g/mol. The highest BCUT2D eigenvalue weighted by molar-refractivity contribution is 6.37. The molecule has 9 nitrogen and oxygen atoms in total. The number of nitrogens with zero attached hydrogens (tertiary/aromatic N) is 5. The van der Waals surface area contributed by atoms with Crippen LogP contribution in [0.5, 0.6) is 0 Å². The summed E-state index contributed by atoms with van der Waals surface area (Å²) in [4.78, 5) is 23.5. The Balaban J connectivity index is 1.58. The third-order valence-electron chi connectivity index (χ3n) is 5.30. The second-order valence-electron chi connectivity index (χ2n) is 7.54. The number of halogens is 1. The van der Waals surface area contributed by atoms with Gasteiger partial charge in [0.2, 0.25) is 5.95 Å². The van der Waals surface area contributed by atoms with Crippen molar-refractivity contribution in [1.82, 2.24) is 24.9 Å². The van der Waals surface area contributed by atoms with Crippen LogP contribution in [-0.2, 0) is 6.42 Å². The molecule has 10 heteroatoms. The van der Waals surface area contributed by atoms with Crippen LogP contribution in [0.15, 0.2) is 18.2 Å². The number of benzene rings is 1. The third-order valence-corrected chi connectivity index (χ3v) is 5.72. The first kappa shape index (κ1) is 18.8. The number of anilines is 4. The molecule has 4 aromatic rings. The minimum atomic E-state index is 0.142. The summed E-state index contributed by atoms with van der Waals surface area (Å²) in [6.07, 6.45) is 0.780. The van der Waals surface area contributed by atoms with Gasteiger partial charge < -0.3 is 26.7 Å². The van der Waals surface area contributed by atoms with Crippen molar-refractivity contribution >= 4 is 56.8 Å². The Morgan fingerprint density at radius 1 is 1.23 bits per heavy atom. The molecule has 1 aromatic carbocycles. The zero-order valence-electron chi connectivity index (χ0n) is 16.7. The van der Waals surface area contributed by atoms with Crippen molar-refractivity contribution in [2.24, 2.45) is 5.73 Å². The minimum absolute atomic E-state index is 0.142. The van der Waals surface area contributed by atoms with Gasteiger partial charge in [-0.3, -0.25) is 0 Å². The normalized spacial score (nSPS) is 14.5. The van der Waals surface area contributed by atoms with Crippen LogP contribution < -0.4 is 21.7 Å². The van der Waals surface area contributed by atoms with E-state index in [2.05, 4.69) is 30.2 Å². The maximum atomic E-state index is 6.62. The highest BCUT2D eigenvalue weighted by atomic mass is 35.5. The molecule has 0 atom stereocenters. The highest BCUT2D eigenvalue weighted by Crippen LogP contribution is 2.36. The van der Waals surface area contributed by atoms with E-state index in [1.807, 2.05) is 32.0 Å². The smallest absolute Gasteiger partial charge is 0.231 e. The first-order valence-electron chi connectivity index (χ1n) is 9.82. The van der Waals surface area contributed by atoms with E-state index >= 15 is 0 Å². The van der Waals surface area contributed by atoms with Crippen LogP contribution in [0.1, 0.15) is 18.4 Å². The van der Waals surface area contributed by atoms with Crippen molar-refractivity contribution in [2.75, 3.05) is 29.0 Å². The molecule has 0 amide bonds. The fraction of sp³-hybridized carbons (Fsp3) is 0.300. The van der Waals surface area contributed by atoms with Crippen LogP contribution in [0.3, 0.4) is 0 Å². The quantitative estimate of drug-likeness (QED) is 0.393. The number of nitrogen functional groups attached to an aromatic ring is 1. The lowest BCUT2D eigenvalue weighted by atomic mass is 10.1. The molecule has 1 saturated heterocycles. The summed E-state index contributed by atoms with van der Waals surface area (Å²) in [6, 6.07) is 5.85. The van der Waals surface area contributed by atoms with Crippen molar-refractivity contribution in [1.29, 1.82) is 0 Å². The lowest BCUT2D eigenvalue weighted by Crippen LogP contribution is -2.56. The molecule has 154 valence electrons. The first-order valence-corrected chi connectivity index (χ1v) is 10.2. The molecule has 5 rings (SSSR count). The first-order chi connectivity index (χ1) is 14.4. The fourth-order valence-corrected chi connectivity index (χ4v) is 4.14. The molecule has 1 aliphatic rings. The number of nitrogens with one attached hydrogen (secondary N) is 2. The van der Waals surface area contributed by atoms with Gasteiger partial charge in [0.05, 0.1) is 15.9 Å². The number of fused-ring (bicyclic) bond motifs is 2. The second-order valence-corrected chi connectivity index (χ2v) is 7.92. The Bertz CT molecular complexity index is 1280. The summed E-state index contributed by atoms with van der Waals surface area (Å²) in [5.41, 5.74) is 15.2. The number of aryl methyl sites for hydroxylation is 2. The molecule has 0 radical (unpaired) electrons. The van der Waals surface area contributed by atoms with Gasteiger partial charge in [0.1, 0.15) is 23.1 Å². The monoisotopic (exact) mass is 423 g/mol. The summed E-state index contributed by atoms with van der Waals surface area (Å²) < 4.78 is 0. The number of aromatic amines is 1. The van der Waals surface area contributed by atoms with Gasteiger partial charge in [-0.05, 0) is 31.5 Å². The average molecular weight is 424 g/mol. The van der Waals surface area contributed by atoms with E-state index in [9.17, 15) is 0 Å². The van der Waals surface area contributed by atoms with Crippen molar-refractivity contribution in [2.45, 2.75) is 26.3 Å². The Morgan fingerprint density at radius 3 is 2.77 bits per heavy atom. The van der Waals surface area contributed by atoms with Crippen molar-refractivity contribution in [3.63, 3.8) is 0 Å². The van der Waals surface area contributed by atoms with Gasteiger partial charge in [-0.1, -0.05) is 18.5 Å². The molecule has 0 unspecified atom stereocenters. The molecule has 6 N–H and O–H groups in total. The summed E-state index contributed by atoms with van der Waals surface area (Å²) in [7, 11) is 0. The Morgan fingerprint density at radius 2 is 2.03 bits per heavy atom. The van der Waals surface area contributed by atoms with E-state index in [1.165, 1.54) is 0 Å². The average Bonchev–Trinajstić information content (AvgIpc) is 3.00. The highest BCUT2D eigenvalue weighted by Gasteiger charge is 2.29. The molecule has 3 aromatic heterocycles. The largest absolute Gasteiger partial charge is 0.383 e. The number of nitrogens with two attached hydrogens (primary N) is 2. The van der Waals surface area contributed by atoms with E-state index in [0.29, 0.717) is 28.3 Å². The minimum Gasteiger partial charge on any atom is -0.383 e. The lowest BCUT2D eigenvalue weighted by molar-refractivity contribution is 0.516. The predicted molar refractivity (Wildman–Crippen MR) is 120 cm³/mol. The van der Waals surface area contributed by atoms with Crippen LogP contribution >= 0.6 is 11.6 Å². The van der Waals surface area contributed by atoms with Gasteiger partial charge in [-0.2, -0.15) is 9.97 Å². The Labute approximate surface area is 177 Å².